The molecule has 0 radical (unpaired) electrons. The molecule has 0 unspecified atom stereocenters. The van der Waals surface area contributed by atoms with Gasteiger partial charge in [-0.15, -0.1) is 0 Å². The predicted molar refractivity (Wildman–Crippen MR) is 109 cm³/mol. The lowest BCUT2D eigenvalue weighted by molar-refractivity contribution is -0.319. The number of carbonyl (C=O) groups is 1. The van der Waals surface area contributed by atoms with Crippen LogP contribution in [-0.2, 0) is 4.74 Å². The van der Waals surface area contributed by atoms with Gasteiger partial charge in [0.1, 0.15) is 5.39 Å². The molecule has 0 aromatic carbocycles. The van der Waals surface area contributed by atoms with Crippen LogP contribution >= 0.6 is 0 Å². The fourth-order valence-corrected chi connectivity index (χ4v) is 3.56. The van der Waals surface area contributed by atoms with Crippen LogP contribution in [0.1, 0.15) is 22.3 Å². The van der Waals surface area contributed by atoms with Crippen molar-refractivity contribution in [2.24, 2.45) is 5.73 Å². The average Bonchev–Trinajstić information content (AvgIpc) is 2.72. The zero-order valence-electron chi connectivity index (χ0n) is 16.4. The Hall–Kier alpha value is -3.04. The third kappa shape index (κ3) is 4.06. The van der Waals surface area contributed by atoms with Gasteiger partial charge >= 0.3 is 5.56 Å². The maximum atomic E-state index is 12.9. The average molecular weight is 397 g/mol. The molecule has 4 heterocycles. The van der Waals surface area contributed by atoms with Gasteiger partial charge in [-0.3, -0.25) is 9.69 Å². The maximum absolute atomic E-state index is 12.9. The summed E-state index contributed by atoms with van der Waals surface area (Å²) in [4.78, 5) is 34.9. The SMILES string of the molecule is Cc1ccc2[nH+]c3nc(NCCCN4CCOCC4)c(C(N)=O)cc3c(=O)n2c1. The van der Waals surface area contributed by atoms with Gasteiger partial charge in [0.2, 0.25) is 11.5 Å². The van der Waals surface area contributed by atoms with Crippen LogP contribution in [0.15, 0.2) is 29.2 Å². The van der Waals surface area contributed by atoms with Crippen molar-refractivity contribution in [3.05, 3.63) is 45.9 Å². The van der Waals surface area contributed by atoms with Gasteiger partial charge in [0.05, 0.1) is 25.0 Å². The number of nitrogens with two attached hydrogens (primary N) is 1. The second-order valence-electron chi connectivity index (χ2n) is 7.27. The van der Waals surface area contributed by atoms with Gasteiger partial charge in [0.15, 0.2) is 0 Å². The smallest absolute Gasteiger partial charge is 0.325 e. The molecule has 0 saturated carbocycles. The molecule has 0 atom stereocenters. The zero-order chi connectivity index (χ0) is 20.4. The van der Waals surface area contributed by atoms with E-state index in [1.165, 1.54) is 10.5 Å². The number of nitrogens with zero attached hydrogens (tertiary/aromatic N) is 3. The largest absolute Gasteiger partial charge is 0.379 e. The number of hydrogen-bond acceptors (Lipinski definition) is 6. The minimum absolute atomic E-state index is 0.210. The Morgan fingerprint density at radius 2 is 2.14 bits per heavy atom. The van der Waals surface area contributed by atoms with Crippen molar-refractivity contribution in [3.8, 4) is 0 Å². The second-order valence-corrected chi connectivity index (χ2v) is 7.27. The van der Waals surface area contributed by atoms with Crippen molar-refractivity contribution in [2.45, 2.75) is 13.3 Å². The number of pyridine rings is 2. The number of aryl methyl sites for hydroxylation is 1. The molecule has 1 fully saturated rings. The molecule has 9 heteroatoms. The van der Waals surface area contributed by atoms with E-state index in [9.17, 15) is 9.59 Å². The molecule has 0 spiro atoms. The van der Waals surface area contributed by atoms with Crippen LogP contribution in [0.3, 0.4) is 0 Å². The molecular formula is C20H25N6O3+. The van der Waals surface area contributed by atoms with E-state index in [2.05, 4.69) is 20.2 Å². The molecule has 4 rings (SSSR count). The Kier molecular flexibility index (Phi) is 5.41. The van der Waals surface area contributed by atoms with Crippen molar-refractivity contribution in [3.63, 3.8) is 0 Å². The monoisotopic (exact) mass is 397 g/mol. The molecule has 0 bridgehead atoms. The molecule has 9 nitrogen and oxygen atoms in total. The molecule has 29 heavy (non-hydrogen) atoms. The van der Waals surface area contributed by atoms with Crippen LogP contribution < -0.4 is 21.6 Å². The van der Waals surface area contributed by atoms with Crippen LogP contribution in [0.2, 0.25) is 0 Å². The zero-order valence-corrected chi connectivity index (χ0v) is 16.4. The van der Waals surface area contributed by atoms with E-state index < -0.39 is 5.91 Å². The number of rotatable bonds is 6. The van der Waals surface area contributed by atoms with Gasteiger partial charge < -0.3 is 15.8 Å². The first-order valence-electron chi connectivity index (χ1n) is 9.76. The summed E-state index contributed by atoms with van der Waals surface area (Å²) < 4.78 is 6.87. The molecule has 4 N–H and O–H groups in total. The highest BCUT2D eigenvalue weighted by atomic mass is 16.5. The van der Waals surface area contributed by atoms with Crippen LogP contribution in [0.5, 0.6) is 0 Å². The quantitative estimate of drug-likeness (QED) is 0.454. The highest BCUT2D eigenvalue weighted by Gasteiger charge is 2.20. The number of amides is 1. The fraction of sp³-hybridized carbons (Fsp3) is 0.400. The second kappa shape index (κ2) is 8.14. The number of ether oxygens (including phenoxy) is 1. The molecule has 3 aromatic rings. The molecule has 1 amide bonds. The van der Waals surface area contributed by atoms with E-state index in [0.29, 0.717) is 29.0 Å². The van der Waals surface area contributed by atoms with E-state index in [0.717, 1.165) is 44.8 Å². The highest BCUT2D eigenvalue weighted by molar-refractivity contribution is 6.00. The van der Waals surface area contributed by atoms with Gasteiger partial charge in [-0.2, -0.15) is 4.40 Å². The lowest BCUT2D eigenvalue weighted by atomic mass is 10.2. The maximum Gasteiger partial charge on any atom is 0.325 e. The number of anilines is 1. The summed E-state index contributed by atoms with van der Waals surface area (Å²) in [6.07, 6.45) is 2.64. The third-order valence-electron chi connectivity index (χ3n) is 5.13. The topological polar surface area (TPSA) is 116 Å². The predicted octanol–water partition coefficient (Wildman–Crippen LogP) is 0.203. The van der Waals surface area contributed by atoms with Gasteiger partial charge in [-0.05, 0) is 37.6 Å². The Morgan fingerprint density at radius 3 is 2.90 bits per heavy atom. The van der Waals surface area contributed by atoms with Crippen LogP contribution in [0.4, 0.5) is 5.82 Å². The third-order valence-corrected chi connectivity index (χ3v) is 5.13. The summed E-state index contributed by atoms with van der Waals surface area (Å²) in [6, 6.07) is 5.26. The summed E-state index contributed by atoms with van der Waals surface area (Å²) in [5.41, 5.74) is 7.52. The Labute approximate surface area is 167 Å². The number of morpholine rings is 1. The number of carbonyl (C=O) groups excluding carboxylic acids is 1. The Balaban J connectivity index is 1.61. The first-order chi connectivity index (χ1) is 14.0. The van der Waals surface area contributed by atoms with Crippen molar-refractivity contribution >= 4 is 28.4 Å². The summed E-state index contributed by atoms with van der Waals surface area (Å²) in [7, 11) is 0. The van der Waals surface area contributed by atoms with Crippen LogP contribution in [0.25, 0.3) is 16.7 Å². The molecule has 1 aliphatic rings. The number of H-pyrrole nitrogens is 1. The van der Waals surface area contributed by atoms with Gasteiger partial charge in [-0.1, -0.05) is 4.98 Å². The molecule has 0 aliphatic carbocycles. The van der Waals surface area contributed by atoms with Gasteiger partial charge in [0, 0.05) is 25.7 Å². The summed E-state index contributed by atoms with van der Waals surface area (Å²) in [5.74, 6) is -0.233. The van der Waals surface area contributed by atoms with E-state index in [-0.39, 0.29) is 11.1 Å². The number of aromatic amines is 1. The molecular weight excluding hydrogens is 372 g/mol. The van der Waals surface area contributed by atoms with Crippen molar-refractivity contribution in [1.82, 2.24) is 14.3 Å². The normalized spacial score (nSPS) is 15.1. The van der Waals surface area contributed by atoms with Gasteiger partial charge in [0.25, 0.3) is 11.6 Å². The molecule has 152 valence electrons. The first-order valence-corrected chi connectivity index (χ1v) is 9.76. The van der Waals surface area contributed by atoms with Crippen molar-refractivity contribution in [1.29, 1.82) is 0 Å². The molecule has 3 aromatic heterocycles. The van der Waals surface area contributed by atoms with Crippen molar-refractivity contribution in [2.75, 3.05) is 44.7 Å². The lowest BCUT2D eigenvalue weighted by Crippen LogP contribution is -2.37. The minimum Gasteiger partial charge on any atom is -0.379 e. The Bertz CT molecular complexity index is 1120. The fourth-order valence-electron chi connectivity index (χ4n) is 3.56. The number of primary amides is 1. The highest BCUT2D eigenvalue weighted by Crippen LogP contribution is 2.16. The first kappa shape index (κ1) is 19.3. The summed E-state index contributed by atoms with van der Waals surface area (Å²) in [6.45, 7) is 6.90. The summed E-state index contributed by atoms with van der Waals surface area (Å²) >= 11 is 0. The van der Waals surface area contributed by atoms with Crippen LogP contribution in [0, 0.1) is 6.92 Å². The molecule has 1 aliphatic heterocycles. The Morgan fingerprint density at radius 1 is 1.34 bits per heavy atom. The van der Waals surface area contributed by atoms with E-state index in [1.807, 2.05) is 19.1 Å². The van der Waals surface area contributed by atoms with E-state index in [1.54, 1.807) is 6.20 Å². The summed E-state index contributed by atoms with van der Waals surface area (Å²) in [5, 5.41) is 3.52. The van der Waals surface area contributed by atoms with E-state index >= 15 is 0 Å². The number of aromatic nitrogens is 3. The lowest BCUT2D eigenvalue weighted by Gasteiger charge is -2.26. The van der Waals surface area contributed by atoms with E-state index in [4.69, 9.17) is 10.5 Å². The number of nitrogens with one attached hydrogen (secondary N) is 2. The molecule has 1 saturated heterocycles. The van der Waals surface area contributed by atoms with Crippen molar-refractivity contribution < 1.29 is 14.5 Å². The standard InChI is InChI=1S/C20H24N6O3/c1-13-3-4-16-23-19-15(20(28)26(16)12-13)11-14(17(21)27)18(24-19)22-5-2-6-25-7-9-29-10-8-25/h3-4,11-12H,2,5-10H2,1H3,(H2,21,27)(H,22,24)/p+1. The van der Waals surface area contributed by atoms with Gasteiger partial charge in [-0.25, -0.2) is 9.78 Å². The number of hydrogen-bond donors (Lipinski definition) is 2. The number of fused-ring (bicyclic) bond motifs is 2. The van der Waals surface area contributed by atoms with Crippen LogP contribution in [-0.4, -0.2) is 59.6 Å². The minimum atomic E-state index is -0.621.